The lowest BCUT2D eigenvalue weighted by atomic mass is 9.86. The molecule has 0 fully saturated rings. The molecule has 108 valence electrons. The molecule has 3 rings (SSSR count). The van der Waals surface area contributed by atoms with Crippen molar-refractivity contribution in [1.29, 1.82) is 0 Å². The highest BCUT2D eigenvalue weighted by Gasteiger charge is 2.21. The lowest BCUT2D eigenvalue weighted by Gasteiger charge is -2.18. The van der Waals surface area contributed by atoms with Gasteiger partial charge in [0.2, 0.25) is 11.5 Å². The van der Waals surface area contributed by atoms with Gasteiger partial charge in [0.05, 0.1) is 0 Å². The van der Waals surface area contributed by atoms with E-state index in [-0.39, 0.29) is 5.41 Å². The Hall–Kier alpha value is -2.09. The number of fused-ring (bicyclic) bond motifs is 1. The number of pyridine rings is 1. The molecule has 3 aromatic rings. The molecule has 0 N–H and O–H groups in total. The maximum atomic E-state index is 6.11. The molecule has 0 spiro atoms. The summed E-state index contributed by atoms with van der Waals surface area (Å²) in [5.41, 5.74) is 4.75. The van der Waals surface area contributed by atoms with E-state index in [2.05, 4.69) is 56.5 Å². The molecule has 2 nitrogen and oxygen atoms in total. The fraction of sp³-hybridized carbons (Fsp3) is 0.316. The first-order chi connectivity index (χ1) is 9.88. The quantitative estimate of drug-likeness (QED) is 0.598. The van der Waals surface area contributed by atoms with Crippen LogP contribution in [0.3, 0.4) is 0 Å². The van der Waals surface area contributed by atoms with Crippen molar-refractivity contribution in [1.82, 2.24) is 0 Å². The molecule has 0 aliphatic heterocycles. The van der Waals surface area contributed by atoms with Crippen LogP contribution in [-0.4, -0.2) is 0 Å². The Morgan fingerprint density at radius 3 is 2.48 bits per heavy atom. The normalized spacial score (nSPS) is 12.0. The Labute approximate surface area is 126 Å². The Morgan fingerprint density at radius 2 is 1.81 bits per heavy atom. The number of rotatable bonds is 1. The van der Waals surface area contributed by atoms with E-state index < -0.39 is 0 Å². The van der Waals surface area contributed by atoms with Crippen molar-refractivity contribution in [3.63, 3.8) is 0 Å². The third-order valence-electron chi connectivity index (χ3n) is 4.09. The first-order valence-electron chi connectivity index (χ1n) is 7.36. The van der Waals surface area contributed by atoms with Gasteiger partial charge in [-0.15, -0.1) is 0 Å². The average Bonchev–Trinajstić information content (AvgIpc) is 2.75. The minimum Gasteiger partial charge on any atom is -0.449 e. The van der Waals surface area contributed by atoms with Crippen LogP contribution in [0.5, 0.6) is 0 Å². The fourth-order valence-corrected chi connectivity index (χ4v) is 2.69. The zero-order chi connectivity index (χ0) is 15.2. The van der Waals surface area contributed by atoms with Crippen LogP contribution in [0.4, 0.5) is 0 Å². The average molecular weight is 280 g/mol. The number of hydrogen-bond donors (Lipinski definition) is 0. The first kappa shape index (κ1) is 13.9. The Bertz CT molecular complexity index is 806. The molecular weight excluding hydrogens is 258 g/mol. The lowest BCUT2D eigenvalue weighted by molar-refractivity contribution is -0.660. The highest BCUT2D eigenvalue weighted by atomic mass is 16.3. The molecule has 2 heterocycles. The minimum atomic E-state index is 0.148. The van der Waals surface area contributed by atoms with Crippen molar-refractivity contribution in [2.24, 2.45) is 7.05 Å². The standard InChI is InChI=1S/C19H22NO/c1-13-15-12-14(19(2,3)4)9-10-17(15)21-18(13)16-8-6-7-11-20(16)5/h6-12H,1-5H3/q+1. The van der Waals surface area contributed by atoms with Gasteiger partial charge in [-0.3, -0.25) is 0 Å². The second kappa shape index (κ2) is 4.73. The van der Waals surface area contributed by atoms with Crippen LogP contribution >= 0.6 is 0 Å². The molecule has 0 atom stereocenters. The summed E-state index contributed by atoms with van der Waals surface area (Å²) in [6.45, 7) is 8.85. The number of furan rings is 1. The number of aromatic nitrogens is 1. The smallest absolute Gasteiger partial charge is 0.248 e. The fourth-order valence-electron chi connectivity index (χ4n) is 2.69. The van der Waals surface area contributed by atoms with Crippen LogP contribution in [0.25, 0.3) is 22.4 Å². The summed E-state index contributed by atoms with van der Waals surface area (Å²) in [5.74, 6) is 0.958. The Balaban J connectivity index is 2.24. The van der Waals surface area contributed by atoms with E-state index in [1.54, 1.807) is 0 Å². The summed E-state index contributed by atoms with van der Waals surface area (Å²) < 4.78 is 8.21. The summed E-state index contributed by atoms with van der Waals surface area (Å²) in [7, 11) is 2.04. The van der Waals surface area contributed by atoms with Crippen LogP contribution in [0.2, 0.25) is 0 Å². The summed E-state index contributed by atoms with van der Waals surface area (Å²) in [4.78, 5) is 0. The molecular formula is C19H22NO+. The van der Waals surface area contributed by atoms with Gasteiger partial charge in [-0.1, -0.05) is 26.8 Å². The van der Waals surface area contributed by atoms with Crippen LogP contribution in [0.1, 0.15) is 31.9 Å². The van der Waals surface area contributed by atoms with Gasteiger partial charge in [0.1, 0.15) is 12.6 Å². The van der Waals surface area contributed by atoms with E-state index in [4.69, 9.17) is 4.42 Å². The van der Waals surface area contributed by atoms with Gasteiger partial charge in [0.15, 0.2) is 6.20 Å². The van der Waals surface area contributed by atoms with Gasteiger partial charge in [-0.2, -0.15) is 4.57 Å². The molecule has 0 aliphatic carbocycles. The molecule has 2 heteroatoms. The number of benzene rings is 1. The van der Waals surface area contributed by atoms with Crippen molar-refractivity contribution < 1.29 is 8.98 Å². The molecule has 2 aromatic heterocycles. The van der Waals surface area contributed by atoms with Gasteiger partial charge in [0, 0.05) is 23.1 Å². The van der Waals surface area contributed by atoms with E-state index in [1.165, 1.54) is 16.5 Å². The van der Waals surface area contributed by atoms with Crippen LogP contribution < -0.4 is 4.57 Å². The van der Waals surface area contributed by atoms with Crippen molar-refractivity contribution in [2.75, 3.05) is 0 Å². The maximum absolute atomic E-state index is 6.11. The molecule has 0 radical (unpaired) electrons. The minimum absolute atomic E-state index is 0.148. The third-order valence-corrected chi connectivity index (χ3v) is 4.09. The zero-order valence-corrected chi connectivity index (χ0v) is 13.4. The van der Waals surface area contributed by atoms with E-state index >= 15 is 0 Å². The molecule has 0 amide bonds. The molecule has 0 saturated heterocycles. The summed E-state index contributed by atoms with van der Waals surface area (Å²) in [6, 6.07) is 12.7. The predicted octanol–water partition coefficient (Wildman–Crippen LogP) is 4.53. The number of hydrogen-bond acceptors (Lipinski definition) is 1. The highest BCUT2D eigenvalue weighted by Crippen LogP contribution is 2.34. The second-order valence-electron chi connectivity index (χ2n) is 6.71. The largest absolute Gasteiger partial charge is 0.449 e. The molecule has 0 bridgehead atoms. The van der Waals surface area contributed by atoms with E-state index in [0.29, 0.717) is 0 Å². The highest BCUT2D eigenvalue weighted by molar-refractivity contribution is 5.87. The van der Waals surface area contributed by atoms with Crippen LogP contribution in [0.15, 0.2) is 47.0 Å². The SMILES string of the molecule is Cc1c(-c2cccc[n+]2C)oc2ccc(C(C)(C)C)cc12. The van der Waals surface area contributed by atoms with E-state index in [0.717, 1.165) is 17.0 Å². The van der Waals surface area contributed by atoms with E-state index in [1.807, 2.05) is 25.4 Å². The lowest BCUT2D eigenvalue weighted by Crippen LogP contribution is -2.29. The topological polar surface area (TPSA) is 17.0 Å². The molecule has 0 unspecified atom stereocenters. The van der Waals surface area contributed by atoms with Gasteiger partial charge in [0.25, 0.3) is 0 Å². The monoisotopic (exact) mass is 280 g/mol. The van der Waals surface area contributed by atoms with Crippen molar-refractivity contribution in [3.05, 3.63) is 53.7 Å². The first-order valence-corrected chi connectivity index (χ1v) is 7.36. The number of aryl methyl sites for hydroxylation is 2. The van der Waals surface area contributed by atoms with Crippen molar-refractivity contribution in [3.8, 4) is 11.5 Å². The van der Waals surface area contributed by atoms with Crippen LogP contribution in [-0.2, 0) is 12.5 Å². The summed E-state index contributed by atoms with van der Waals surface area (Å²) in [5, 5.41) is 1.21. The Kier molecular flexibility index (Phi) is 3.12. The third kappa shape index (κ3) is 2.35. The molecule has 0 saturated carbocycles. The van der Waals surface area contributed by atoms with Gasteiger partial charge in [-0.05, 0) is 36.1 Å². The Morgan fingerprint density at radius 1 is 1.05 bits per heavy atom. The zero-order valence-electron chi connectivity index (χ0n) is 13.4. The second-order valence-corrected chi connectivity index (χ2v) is 6.71. The van der Waals surface area contributed by atoms with Crippen LogP contribution in [0, 0.1) is 6.92 Å². The summed E-state index contributed by atoms with van der Waals surface area (Å²) in [6.07, 6.45) is 2.04. The summed E-state index contributed by atoms with van der Waals surface area (Å²) >= 11 is 0. The van der Waals surface area contributed by atoms with Gasteiger partial charge < -0.3 is 4.42 Å². The predicted molar refractivity (Wildman–Crippen MR) is 86.3 cm³/mol. The van der Waals surface area contributed by atoms with Gasteiger partial charge in [-0.25, -0.2) is 0 Å². The molecule has 0 aliphatic rings. The van der Waals surface area contributed by atoms with Crippen molar-refractivity contribution in [2.45, 2.75) is 33.1 Å². The molecule has 1 aromatic carbocycles. The van der Waals surface area contributed by atoms with E-state index in [9.17, 15) is 0 Å². The maximum Gasteiger partial charge on any atom is 0.248 e. The van der Waals surface area contributed by atoms with Gasteiger partial charge >= 0.3 is 0 Å². The van der Waals surface area contributed by atoms with Crippen molar-refractivity contribution >= 4 is 11.0 Å². The number of nitrogens with zero attached hydrogens (tertiary/aromatic N) is 1. The molecule has 21 heavy (non-hydrogen) atoms.